The fraction of sp³-hybridized carbons (Fsp3) is 1.00. The van der Waals surface area contributed by atoms with Crippen LogP contribution in [0.25, 0.3) is 0 Å². The summed E-state index contributed by atoms with van der Waals surface area (Å²) >= 11 is 0. The Bertz CT molecular complexity index is 516. The average molecular weight is 344 g/mol. The summed E-state index contributed by atoms with van der Waals surface area (Å²) in [5.74, 6) is 1.04. The minimum Gasteiger partial charge on any atom is -0.381 e. The Labute approximate surface area is 139 Å². The van der Waals surface area contributed by atoms with Crippen molar-refractivity contribution in [3.8, 4) is 0 Å². The van der Waals surface area contributed by atoms with E-state index in [-0.39, 0.29) is 11.4 Å². The Morgan fingerprint density at radius 2 is 1.74 bits per heavy atom. The van der Waals surface area contributed by atoms with Crippen LogP contribution in [0.5, 0.6) is 0 Å². The molecule has 0 amide bonds. The lowest BCUT2D eigenvalue weighted by atomic mass is 10.00. The van der Waals surface area contributed by atoms with E-state index in [1.807, 2.05) is 0 Å². The standard InChI is InChI=1S/C16H28N2O4S/c19-23(20,15-1-2-15)18-5-8-22-16-12-17(10-14(16)11-18)9-13-3-6-21-7-4-13/h13-16H,1-12H2/t14-,16-/m0/s1. The van der Waals surface area contributed by atoms with Crippen LogP contribution in [0, 0.1) is 11.8 Å². The zero-order valence-electron chi connectivity index (χ0n) is 13.7. The first-order valence-corrected chi connectivity index (χ1v) is 10.5. The van der Waals surface area contributed by atoms with E-state index in [4.69, 9.17) is 9.47 Å². The van der Waals surface area contributed by atoms with Crippen LogP contribution in [0.15, 0.2) is 0 Å². The molecule has 132 valence electrons. The second kappa shape index (κ2) is 6.59. The molecule has 0 spiro atoms. The number of hydrogen-bond acceptors (Lipinski definition) is 5. The molecule has 7 heteroatoms. The van der Waals surface area contributed by atoms with Gasteiger partial charge in [-0.1, -0.05) is 0 Å². The largest absolute Gasteiger partial charge is 0.381 e. The Balaban J connectivity index is 1.36. The van der Waals surface area contributed by atoms with E-state index in [2.05, 4.69) is 4.90 Å². The number of sulfonamides is 1. The van der Waals surface area contributed by atoms with E-state index < -0.39 is 10.0 Å². The van der Waals surface area contributed by atoms with Crippen molar-refractivity contribution in [3.63, 3.8) is 0 Å². The third-order valence-electron chi connectivity index (χ3n) is 5.73. The molecule has 23 heavy (non-hydrogen) atoms. The van der Waals surface area contributed by atoms with Crippen LogP contribution in [0.1, 0.15) is 25.7 Å². The van der Waals surface area contributed by atoms with E-state index in [0.717, 1.165) is 64.4 Å². The smallest absolute Gasteiger partial charge is 0.217 e. The maximum absolute atomic E-state index is 12.5. The molecule has 1 saturated carbocycles. The van der Waals surface area contributed by atoms with Gasteiger partial charge in [0.25, 0.3) is 0 Å². The minimum absolute atomic E-state index is 0.112. The predicted octanol–water partition coefficient (Wildman–Crippen LogP) is 0.538. The maximum Gasteiger partial charge on any atom is 0.217 e. The van der Waals surface area contributed by atoms with E-state index >= 15 is 0 Å². The number of nitrogens with zero attached hydrogens (tertiary/aromatic N) is 2. The number of likely N-dealkylation sites (tertiary alicyclic amines) is 1. The molecule has 0 aromatic rings. The number of hydrogen-bond donors (Lipinski definition) is 0. The van der Waals surface area contributed by atoms with Crippen LogP contribution in [0.2, 0.25) is 0 Å². The lowest BCUT2D eigenvalue weighted by Crippen LogP contribution is -2.39. The molecule has 0 bridgehead atoms. The van der Waals surface area contributed by atoms with E-state index in [9.17, 15) is 8.42 Å². The lowest BCUT2D eigenvalue weighted by Gasteiger charge is -2.27. The van der Waals surface area contributed by atoms with Gasteiger partial charge >= 0.3 is 0 Å². The van der Waals surface area contributed by atoms with Gasteiger partial charge in [-0.15, -0.1) is 0 Å². The molecule has 4 rings (SSSR count). The van der Waals surface area contributed by atoms with E-state index in [0.29, 0.717) is 25.6 Å². The molecule has 6 nitrogen and oxygen atoms in total. The molecule has 0 aromatic carbocycles. The first-order valence-electron chi connectivity index (χ1n) is 9.03. The normalized spacial score (nSPS) is 35.1. The molecule has 0 unspecified atom stereocenters. The van der Waals surface area contributed by atoms with Crippen molar-refractivity contribution in [1.82, 2.24) is 9.21 Å². The van der Waals surface area contributed by atoms with E-state index in [1.165, 1.54) is 0 Å². The summed E-state index contributed by atoms with van der Waals surface area (Å²) in [7, 11) is -3.08. The van der Waals surface area contributed by atoms with Crippen molar-refractivity contribution >= 4 is 10.0 Å². The van der Waals surface area contributed by atoms with Crippen LogP contribution in [0.3, 0.4) is 0 Å². The molecule has 3 aliphatic heterocycles. The zero-order valence-corrected chi connectivity index (χ0v) is 14.5. The Morgan fingerprint density at radius 3 is 2.48 bits per heavy atom. The first-order chi connectivity index (χ1) is 11.1. The van der Waals surface area contributed by atoms with Gasteiger partial charge in [-0.05, 0) is 31.6 Å². The monoisotopic (exact) mass is 344 g/mol. The number of rotatable bonds is 4. The van der Waals surface area contributed by atoms with Crippen LogP contribution in [-0.2, 0) is 19.5 Å². The maximum atomic E-state index is 12.5. The Kier molecular flexibility index (Phi) is 4.66. The van der Waals surface area contributed by atoms with Crippen LogP contribution >= 0.6 is 0 Å². The molecule has 4 aliphatic rings. The highest BCUT2D eigenvalue weighted by Crippen LogP contribution is 2.33. The lowest BCUT2D eigenvalue weighted by molar-refractivity contribution is 0.0417. The highest BCUT2D eigenvalue weighted by molar-refractivity contribution is 7.90. The molecule has 3 heterocycles. The molecule has 0 N–H and O–H groups in total. The Morgan fingerprint density at radius 1 is 0.957 bits per heavy atom. The zero-order chi connectivity index (χ0) is 15.9. The first kappa shape index (κ1) is 16.3. The van der Waals surface area contributed by atoms with Crippen molar-refractivity contribution in [2.75, 3.05) is 52.5 Å². The summed E-state index contributed by atoms with van der Waals surface area (Å²) < 4.78 is 38.2. The topological polar surface area (TPSA) is 59.1 Å². The van der Waals surface area contributed by atoms with Crippen molar-refractivity contribution in [1.29, 1.82) is 0 Å². The summed E-state index contributed by atoms with van der Waals surface area (Å²) in [4.78, 5) is 2.48. The molecule has 0 aromatic heterocycles. The van der Waals surface area contributed by atoms with Crippen molar-refractivity contribution in [3.05, 3.63) is 0 Å². The van der Waals surface area contributed by atoms with Gasteiger partial charge in [-0.2, -0.15) is 4.31 Å². The average Bonchev–Trinajstić information content (AvgIpc) is 3.35. The fourth-order valence-corrected chi connectivity index (χ4v) is 6.08. The summed E-state index contributed by atoms with van der Waals surface area (Å²) in [5.41, 5.74) is 0. The summed E-state index contributed by atoms with van der Waals surface area (Å²) in [6, 6.07) is 0. The van der Waals surface area contributed by atoms with Gasteiger partial charge in [-0.3, -0.25) is 0 Å². The van der Waals surface area contributed by atoms with Crippen LogP contribution < -0.4 is 0 Å². The van der Waals surface area contributed by atoms with Gasteiger partial charge in [0.1, 0.15) is 0 Å². The van der Waals surface area contributed by atoms with Crippen molar-refractivity contribution in [2.24, 2.45) is 11.8 Å². The molecule has 3 saturated heterocycles. The minimum atomic E-state index is -3.08. The highest BCUT2D eigenvalue weighted by Gasteiger charge is 2.44. The molecule has 0 radical (unpaired) electrons. The molecule has 4 fully saturated rings. The predicted molar refractivity (Wildman–Crippen MR) is 86.7 cm³/mol. The van der Waals surface area contributed by atoms with Gasteiger partial charge in [-0.25, -0.2) is 8.42 Å². The van der Waals surface area contributed by atoms with E-state index in [1.54, 1.807) is 4.31 Å². The second-order valence-electron chi connectivity index (χ2n) is 7.55. The molecule has 2 atom stereocenters. The molecular weight excluding hydrogens is 316 g/mol. The van der Waals surface area contributed by atoms with Gasteiger partial charge in [0.2, 0.25) is 10.0 Å². The second-order valence-corrected chi connectivity index (χ2v) is 9.76. The van der Waals surface area contributed by atoms with Crippen LogP contribution in [-0.4, -0.2) is 81.5 Å². The van der Waals surface area contributed by atoms with Crippen molar-refractivity contribution in [2.45, 2.75) is 37.0 Å². The number of ether oxygens (including phenoxy) is 2. The third kappa shape index (κ3) is 3.58. The van der Waals surface area contributed by atoms with Crippen molar-refractivity contribution < 1.29 is 17.9 Å². The fourth-order valence-electron chi connectivity index (χ4n) is 4.20. The van der Waals surface area contributed by atoms with Gasteiger partial charge in [0.05, 0.1) is 18.0 Å². The highest BCUT2D eigenvalue weighted by atomic mass is 32.2. The summed E-state index contributed by atoms with van der Waals surface area (Å²) in [6.45, 7) is 6.52. The molecular formula is C16H28N2O4S. The SMILES string of the molecule is O=S(=O)(C1CC1)N1CCO[C@H]2CN(CC3CCOCC3)C[C@H]2C1. The Hall–Kier alpha value is -0.210. The third-order valence-corrected chi connectivity index (χ3v) is 8.10. The van der Waals surface area contributed by atoms with Gasteiger partial charge in [0.15, 0.2) is 0 Å². The summed E-state index contributed by atoms with van der Waals surface area (Å²) in [6.07, 6.45) is 4.17. The van der Waals surface area contributed by atoms with Crippen LogP contribution in [0.4, 0.5) is 0 Å². The van der Waals surface area contributed by atoms with Gasteiger partial charge in [0, 0.05) is 51.9 Å². The molecule has 1 aliphatic carbocycles. The quantitative estimate of drug-likeness (QED) is 0.745. The summed E-state index contributed by atoms with van der Waals surface area (Å²) in [5, 5.41) is -0.112. The van der Waals surface area contributed by atoms with Gasteiger partial charge < -0.3 is 14.4 Å². The number of fused-ring (bicyclic) bond motifs is 1.